The first kappa shape index (κ1) is 19.2. The Morgan fingerprint density at radius 3 is 2.71 bits per heavy atom. The van der Waals surface area contributed by atoms with Gasteiger partial charge in [-0.3, -0.25) is 4.79 Å². The van der Waals surface area contributed by atoms with Gasteiger partial charge in [0.15, 0.2) is 0 Å². The molecule has 0 bridgehead atoms. The average molecular weight is 388 g/mol. The molecule has 3 aliphatic rings. The van der Waals surface area contributed by atoms with Gasteiger partial charge in [-0.05, 0) is 43.1 Å². The van der Waals surface area contributed by atoms with Gasteiger partial charge in [-0.25, -0.2) is 4.79 Å². The van der Waals surface area contributed by atoms with E-state index in [4.69, 9.17) is 18.6 Å². The van der Waals surface area contributed by atoms with Gasteiger partial charge in [0.1, 0.15) is 6.10 Å². The molecule has 1 saturated heterocycles. The minimum Gasteiger partial charge on any atom is -0.472 e. The normalized spacial score (nSPS) is 40.0. The highest BCUT2D eigenvalue weighted by Crippen LogP contribution is 2.65. The second kappa shape index (κ2) is 6.76. The summed E-state index contributed by atoms with van der Waals surface area (Å²) in [6.07, 6.45) is 7.57. The molecule has 2 heterocycles. The van der Waals surface area contributed by atoms with Crippen LogP contribution in [0.1, 0.15) is 51.2 Å². The first-order valence-corrected chi connectivity index (χ1v) is 9.90. The molecular weight excluding hydrogens is 360 g/mol. The zero-order chi connectivity index (χ0) is 20.1. The van der Waals surface area contributed by atoms with Crippen LogP contribution in [0.15, 0.2) is 34.7 Å². The van der Waals surface area contributed by atoms with Gasteiger partial charge in [0.2, 0.25) is 0 Å². The molecule has 0 spiro atoms. The van der Waals surface area contributed by atoms with Crippen molar-refractivity contribution in [2.24, 2.45) is 22.7 Å². The van der Waals surface area contributed by atoms with E-state index in [1.165, 1.54) is 7.11 Å². The number of cyclic esters (lactones) is 1. The summed E-state index contributed by atoms with van der Waals surface area (Å²) < 4.78 is 22.0. The number of furan rings is 1. The predicted molar refractivity (Wildman–Crippen MR) is 100 cm³/mol. The van der Waals surface area contributed by atoms with E-state index in [1.54, 1.807) is 19.6 Å². The fourth-order valence-corrected chi connectivity index (χ4v) is 6.20. The maximum atomic E-state index is 13.0. The molecule has 0 N–H and O–H groups in total. The van der Waals surface area contributed by atoms with Crippen molar-refractivity contribution in [3.63, 3.8) is 0 Å². The van der Waals surface area contributed by atoms with E-state index < -0.39 is 5.41 Å². The van der Waals surface area contributed by atoms with Crippen molar-refractivity contribution in [2.75, 3.05) is 14.2 Å². The Labute approximate surface area is 165 Å². The van der Waals surface area contributed by atoms with Crippen molar-refractivity contribution in [1.82, 2.24) is 0 Å². The Balaban J connectivity index is 1.78. The molecule has 152 valence electrons. The Hall–Kier alpha value is -2.08. The molecule has 6 heteroatoms. The zero-order valence-corrected chi connectivity index (χ0v) is 16.9. The minimum atomic E-state index is -0.510. The molecule has 1 aliphatic heterocycles. The molecule has 6 nitrogen and oxygen atoms in total. The molecule has 3 unspecified atom stereocenters. The summed E-state index contributed by atoms with van der Waals surface area (Å²) in [6, 6.07) is 1.85. The van der Waals surface area contributed by atoms with Crippen molar-refractivity contribution in [1.29, 1.82) is 0 Å². The van der Waals surface area contributed by atoms with Crippen LogP contribution in [0, 0.1) is 22.7 Å². The van der Waals surface area contributed by atoms with Crippen molar-refractivity contribution >= 4 is 11.9 Å². The van der Waals surface area contributed by atoms with Crippen LogP contribution in [-0.2, 0) is 23.8 Å². The highest BCUT2D eigenvalue weighted by Gasteiger charge is 2.65. The Morgan fingerprint density at radius 2 is 2.07 bits per heavy atom. The van der Waals surface area contributed by atoms with Crippen LogP contribution in [-0.4, -0.2) is 32.3 Å². The van der Waals surface area contributed by atoms with Gasteiger partial charge in [0.05, 0.1) is 31.7 Å². The molecular formula is C22H28O6. The van der Waals surface area contributed by atoms with Gasteiger partial charge in [0, 0.05) is 23.7 Å². The standard InChI is InChI=1S/C22H28O6/c1-21-11-16(13-8-9-27-12-13)28-20(24)15(21)10-18(25-3)22(2)14(19(23)26-4)6-5-7-17(21)22/h6,8-9,12,15-18H,5,7,10-11H2,1-4H3/t15?,16?,17-,18?,21+,22-/m0/s1. The third-order valence-electron chi connectivity index (χ3n) is 7.59. The summed E-state index contributed by atoms with van der Waals surface area (Å²) >= 11 is 0. The molecule has 2 aliphatic carbocycles. The van der Waals surface area contributed by atoms with Gasteiger partial charge < -0.3 is 18.6 Å². The largest absolute Gasteiger partial charge is 0.472 e. The fourth-order valence-electron chi connectivity index (χ4n) is 6.20. The maximum Gasteiger partial charge on any atom is 0.334 e. The number of carbonyl (C=O) groups excluding carboxylic acids is 2. The number of hydrogen-bond donors (Lipinski definition) is 0. The lowest BCUT2D eigenvalue weighted by Gasteiger charge is -2.61. The van der Waals surface area contributed by atoms with Crippen LogP contribution in [0.5, 0.6) is 0 Å². The summed E-state index contributed by atoms with van der Waals surface area (Å²) in [5.74, 6) is -0.639. The molecule has 2 fully saturated rings. The van der Waals surface area contributed by atoms with E-state index in [0.717, 1.165) is 18.4 Å². The fraction of sp³-hybridized carbons (Fsp3) is 0.636. The lowest BCUT2D eigenvalue weighted by Crippen LogP contribution is -2.62. The maximum absolute atomic E-state index is 13.0. The van der Waals surface area contributed by atoms with Gasteiger partial charge in [0.25, 0.3) is 0 Å². The van der Waals surface area contributed by atoms with Crippen LogP contribution >= 0.6 is 0 Å². The highest BCUT2D eigenvalue weighted by molar-refractivity contribution is 5.90. The topological polar surface area (TPSA) is 75.0 Å². The van der Waals surface area contributed by atoms with Crippen LogP contribution in [0.4, 0.5) is 0 Å². The van der Waals surface area contributed by atoms with Crippen LogP contribution in [0.2, 0.25) is 0 Å². The molecule has 0 amide bonds. The van der Waals surface area contributed by atoms with E-state index in [0.29, 0.717) is 18.4 Å². The number of fused-ring (bicyclic) bond motifs is 3. The lowest BCUT2D eigenvalue weighted by molar-refractivity contribution is -0.208. The molecule has 1 aromatic rings. The first-order chi connectivity index (χ1) is 13.4. The number of esters is 2. The summed E-state index contributed by atoms with van der Waals surface area (Å²) in [7, 11) is 3.07. The molecule has 0 radical (unpaired) electrons. The summed E-state index contributed by atoms with van der Waals surface area (Å²) in [5, 5.41) is 0. The molecule has 1 saturated carbocycles. The van der Waals surface area contributed by atoms with Crippen LogP contribution < -0.4 is 0 Å². The summed E-state index contributed by atoms with van der Waals surface area (Å²) in [4.78, 5) is 25.7. The number of methoxy groups -OCH3 is 2. The Bertz CT molecular complexity index is 796. The molecule has 28 heavy (non-hydrogen) atoms. The molecule has 0 aromatic carbocycles. The van der Waals surface area contributed by atoms with Crippen LogP contribution in [0.3, 0.4) is 0 Å². The Kier molecular flexibility index (Phi) is 4.65. The summed E-state index contributed by atoms with van der Waals surface area (Å²) in [6.45, 7) is 4.28. The van der Waals surface area contributed by atoms with Gasteiger partial charge in [-0.15, -0.1) is 0 Å². The van der Waals surface area contributed by atoms with Gasteiger partial charge in [-0.1, -0.05) is 19.9 Å². The lowest BCUT2D eigenvalue weighted by atomic mass is 9.44. The molecule has 4 rings (SSSR count). The van der Waals surface area contributed by atoms with Crippen molar-refractivity contribution in [3.8, 4) is 0 Å². The van der Waals surface area contributed by atoms with Crippen molar-refractivity contribution in [3.05, 3.63) is 35.8 Å². The van der Waals surface area contributed by atoms with E-state index >= 15 is 0 Å². The zero-order valence-electron chi connectivity index (χ0n) is 16.9. The smallest absolute Gasteiger partial charge is 0.334 e. The number of allylic oxidation sites excluding steroid dienone is 1. The van der Waals surface area contributed by atoms with Gasteiger partial charge >= 0.3 is 11.9 Å². The first-order valence-electron chi connectivity index (χ1n) is 9.90. The monoisotopic (exact) mass is 388 g/mol. The third-order valence-corrected chi connectivity index (χ3v) is 7.59. The van der Waals surface area contributed by atoms with E-state index in [2.05, 4.69) is 13.8 Å². The predicted octanol–water partition coefficient (Wildman–Crippen LogP) is 3.82. The van der Waals surface area contributed by atoms with E-state index in [9.17, 15) is 9.59 Å². The third kappa shape index (κ3) is 2.57. The molecule has 1 aromatic heterocycles. The average Bonchev–Trinajstić information content (AvgIpc) is 3.21. The van der Waals surface area contributed by atoms with Crippen LogP contribution in [0.25, 0.3) is 0 Å². The number of ether oxygens (including phenoxy) is 3. The number of carbonyl (C=O) groups is 2. The van der Waals surface area contributed by atoms with Crippen molar-refractivity contribution in [2.45, 2.75) is 51.7 Å². The van der Waals surface area contributed by atoms with Gasteiger partial charge in [-0.2, -0.15) is 0 Å². The number of rotatable bonds is 3. The minimum absolute atomic E-state index is 0.102. The van der Waals surface area contributed by atoms with E-state index in [1.807, 2.05) is 12.1 Å². The molecule has 6 atom stereocenters. The number of hydrogen-bond acceptors (Lipinski definition) is 6. The highest BCUT2D eigenvalue weighted by atomic mass is 16.5. The Morgan fingerprint density at radius 1 is 1.29 bits per heavy atom. The quantitative estimate of drug-likeness (QED) is 0.733. The SMILES string of the molecule is COC(=O)C1=CCC[C@H]2[C@]3(C)CC(c4ccoc4)OC(=O)C3CC(OC)[C@@]12C. The second-order valence-corrected chi connectivity index (χ2v) is 8.73. The van der Waals surface area contributed by atoms with E-state index in [-0.39, 0.29) is 41.4 Å². The van der Waals surface area contributed by atoms with Crippen molar-refractivity contribution < 1.29 is 28.2 Å². The second-order valence-electron chi connectivity index (χ2n) is 8.73. The summed E-state index contributed by atoms with van der Waals surface area (Å²) in [5.41, 5.74) is 0.734.